The summed E-state index contributed by atoms with van der Waals surface area (Å²) in [5.41, 5.74) is 8.08. The Morgan fingerprint density at radius 3 is 2.45 bits per heavy atom. The zero-order valence-electron chi connectivity index (χ0n) is 15.2. The molecule has 4 rings (SSSR count). The minimum atomic E-state index is -0.555. The second-order valence-corrected chi connectivity index (χ2v) is 7.41. The van der Waals surface area contributed by atoms with E-state index >= 15 is 0 Å². The molecule has 29 heavy (non-hydrogen) atoms. The molecule has 0 spiro atoms. The molecule has 2 heterocycles. The van der Waals surface area contributed by atoms with Crippen LogP contribution in [0, 0.1) is 10.1 Å². The summed E-state index contributed by atoms with van der Waals surface area (Å²) in [6.45, 7) is 1.76. The largest absolute Gasteiger partial charge is 0.366 e. The zero-order chi connectivity index (χ0) is 20.7. The highest BCUT2D eigenvalue weighted by molar-refractivity contribution is 9.10. The zero-order valence-corrected chi connectivity index (χ0v) is 16.8. The van der Waals surface area contributed by atoms with Crippen molar-refractivity contribution in [3.8, 4) is 11.4 Å². The number of rotatable bonds is 4. The van der Waals surface area contributed by atoms with Crippen LogP contribution < -0.4 is 11.1 Å². The Hall–Kier alpha value is -3.53. The van der Waals surface area contributed by atoms with Crippen molar-refractivity contribution in [1.82, 2.24) is 14.8 Å². The molecule has 10 heteroatoms. The molecule has 1 atom stereocenters. The Balaban J connectivity index is 1.82. The van der Waals surface area contributed by atoms with E-state index in [0.29, 0.717) is 28.6 Å². The third-order valence-electron chi connectivity index (χ3n) is 4.64. The van der Waals surface area contributed by atoms with Crippen molar-refractivity contribution in [2.75, 3.05) is 5.32 Å². The van der Waals surface area contributed by atoms with Gasteiger partial charge in [0.15, 0.2) is 5.82 Å². The van der Waals surface area contributed by atoms with E-state index in [-0.39, 0.29) is 5.69 Å². The predicted molar refractivity (Wildman–Crippen MR) is 110 cm³/mol. The summed E-state index contributed by atoms with van der Waals surface area (Å²) in [6.07, 6.45) is 0. The maximum absolute atomic E-state index is 12.2. The number of anilines is 1. The number of benzene rings is 2. The summed E-state index contributed by atoms with van der Waals surface area (Å²) >= 11 is 3.41. The van der Waals surface area contributed by atoms with E-state index < -0.39 is 16.9 Å². The number of aromatic nitrogens is 3. The average molecular weight is 455 g/mol. The van der Waals surface area contributed by atoms with Crippen LogP contribution in [0.3, 0.4) is 0 Å². The summed E-state index contributed by atoms with van der Waals surface area (Å²) in [4.78, 5) is 27.1. The van der Waals surface area contributed by atoms with Crippen LogP contribution in [0.25, 0.3) is 11.4 Å². The average Bonchev–Trinajstić information content (AvgIpc) is 3.11. The second-order valence-electron chi connectivity index (χ2n) is 6.49. The van der Waals surface area contributed by atoms with E-state index in [2.05, 4.69) is 31.3 Å². The molecule has 1 unspecified atom stereocenters. The van der Waals surface area contributed by atoms with Gasteiger partial charge in [-0.2, -0.15) is 4.98 Å². The first-order valence-corrected chi connectivity index (χ1v) is 9.39. The minimum Gasteiger partial charge on any atom is -0.366 e. The number of carbonyl (C=O) groups excluding carboxylic acids is 1. The molecule has 3 N–H and O–H groups in total. The minimum absolute atomic E-state index is 0.0166. The number of nitrogens with zero attached hydrogens (tertiary/aromatic N) is 4. The quantitative estimate of drug-likeness (QED) is 0.458. The summed E-state index contributed by atoms with van der Waals surface area (Å²) in [5.74, 6) is 0.276. The summed E-state index contributed by atoms with van der Waals surface area (Å²) in [6, 6.07) is 12.9. The van der Waals surface area contributed by atoms with Crippen LogP contribution in [-0.2, 0) is 4.79 Å². The molecule has 1 aliphatic heterocycles. The first-order chi connectivity index (χ1) is 13.8. The highest BCUT2D eigenvalue weighted by Gasteiger charge is 2.33. The molecular weight excluding hydrogens is 440 g/mol. The summed E-state index contributed by atoms with van der Waals surface area (Å²) in [7, 11) is 0. The lowest BCUT2D eigenvalue weighted by molar-refractivity contribution is -0.384. The number of carbonyl (C=O) groups is 1. The standard InChI is InChI=1S/C19H15BrN6O3/c1-10-15(17(21)27)16(11-2-6-13(20)7-3-11)25-19(22-10)23-18(24-25)12-4-8-14(9-5-12)26(28)29/h2-9,16H,1H3,(H2,21,27)(H,22,23,24). The number of nitro benzene ring substituents is 1. The SMILES string of the molecule is CC1=C(C(N)=O)C(c2ccc(Br)cc2)n2nc(-c3ccc([N+](=O)[O-])cc3)nc2N1. The first kappa shape index (κ1) is 18.8. The Labute approximate surface area is 173 Å². The molecule has 146 valence electrons. The number of nitrogens with one attached hydrogen (secondary N) is 1. The Morgan fingerprint density at radius 1 is 1.21 bits per heavy atom. The third-order valence-corrected chi connectivity index (χ3v) is 5.17. The summed E-state index contributed by atoms with van der Waals surface area (Å²) < 4.78 is 2.51. The molecule has 3 aromatic rings. The molecule has 0 bridgehead atoms. The molecule has 1 aliphatic rings. The highest BCUT2D eigenvalue weighted by atomic mass is 79.9. The van der Waals surface area contributed by atoms with Gasteiger partial charge in [0.05, 0.1) is 10.5 Å². The van der Waals surface area contributed by atoms with Crippen molar-refractivity contribution in [2.45, 2.75) is 13.0 Å². The number of non-ortho nitro benzene ring substituents is 1. The van der Waals surface area contributed by atoms with Crippen LogP contribution in [0.1, 0.15) is 18.5 Å². The predicted octanol–water partition coefficient (Wildman–Crippen LogP) is 3.39. The Kier molecular flexibility index (Phi) is 4.63. The van der Waals surface area contributed by atoms with Gasteiger partial charge in [-0.1, -0.05) is 28.1 Å². The molecule has 9 nitrogen and oxygen atoms in total. The number of halogens is 1. The van der Waals surface area contributed by atoms with E-state index in [4.69, 9.17) is 5.73 Å². The number of nitrogens with two attached hydrogens (primary N) is 1. The maximum Gasteiger partial charge on any atom is 0.269 e. The van der Waals surface area contributed by atoms with Crippen LogP contribution in [0.2, 0.25) is 0 Å². The third kappa shape index (κ3) is 3.38. The van der Waals surface area contributed by atoms with Gasteiger partial charge in [-0.05, 0) is 36.8 Å². The van der Waals surface area contributed by atoms with Crippen molar-refractivity contribution >= 4 is 33.5 Å². The van der Waals surface area contributed by atoms with E-state index in [1.807, 2.05) is 24.3 Å². The van der Waals surface area contributed by atoms with Gasteiger partial charge < -0.3 is 11.1 Å². The van der Waals surface area contributed by atoms with E-state index in [0.717, 1.165) is 10.0 Å². The van der Waals surface area contributed by atoms with Crippen molar-refractivity contribution in [2.24, 2.45) is 5.73 Å². The monoisotopic (exact) mass is 454 g/mol. The number of primary amides is 1. The van der Waals surface area contributed by atoms with E-state index in [9.17, 15) is 14.9 Å². The smallest absolute Gasteiger partial charge is 0.269 e. The Bertz CT molecular complexity index is 1150. The molecule has 0 aliphatic carbocycles. The van der Waals surface area contributed by atoms with Crippen LogP contribution in [0.5, 0.6) is 0 Å². The maximum atomic E-state index is 12.2. The Morgan fingerprint density at radius 2 is 1.86 bits per heavy atom. The van der Waals surface area contributed by atoms with E-state index in [1.165, 1.54) is 12.1 Å². The lowest BCUT2D eigenvalue weighted by Gasteiger charge is -2.27. The molecule has 1 amide bonds. The number of fused-ring (bicyclic) bond motifs is 1. The fourth-order valence-corrected chi connectivity index (χ4v) is 3.54. The van der Waals surface area contributed by atoms with Crippen LogP contribution in [0.15, 0.2) is 64.3 Å². The van der Waals surface area contributed by atoms with Gasteiger partial charge in [0, 0.05) is 27.9 Å². The number of amides is 1. The lowest BCUT2D eigenvalue weighted by atomic mass is 9.95. The lowest BCUT2D eigenvalue weighted by Crippen LogP contribution is -2.31. The number of nitro groups is 1. The van der Waals surface area contributed by atoms with Crippen molar-refractivity contribution in [3.05, 3.63) is 80.0 Å². The molecule has 1 aromatic heterocycles. The van der Waals surface area contributed by atoms with Gasteiger partial charge in [0.25, 0.3) is 5.69 Å². The van der Waals surface area contributed by atoms with Gasteiger partial charge in [-0.25, -0.2) is 4.68 Å². The summed E-state index contributed by atoms with van der Waals surface area (Å²) in [5, 5.41) is 18.5. The second kappa shape index (κ2) is 7.13. The molecule has 2 aromatic carbocycles. The van der Waals surface area contributed by atoms with Crippen molar-refractivity contribution in [3.63, 3.8) is 0 Å². The fourth-order valence-electron chi connectivity index (χ4n) is 3.28. The van der Waals surface area contributed by atoms with Crippen LogP contribution in [0.4, 0.5) is 11.6 Å². The molecule has 0 radical (unpaired) electrons. The number of allylic oxidation sites excluding steroid dienone is 1. The fraction of sp³-hybridized carbons (Fsp3) is 0.105. The molecular formula is C19H15BrN6O3. The van der Waals surface area contributed by atoms with Crippen molar-refractivity contribution < 1.29 is 9.72 Å². The van der Waals surface area contributed by atoms with Crippen molar-refractivity contribution in [1.29, 1.82) is 0 Å². The van der Waals surface area contributed by atoms with Gasteiger partial charge >= 0.3 is 0 Å². The molecule has 0 saturated carbocycles. The highest BCUT2D eigenvalue weighted by Crippen LogP contribution is 2.36. The van der Waals surface area contributed by atoms with Gasteiger partial charge in [0.2, 0.25) is 11.9 Å². The van der Waals surface area contributed by atoms with Crippen LogP contribution in [-0.4, -0.2) is 25.6 Å². The van der Waals surface area contributed by atoms with Gasteiger partial charge in [-0.15, -0.1) is 5.10 Å². The molecule has 0 saturated heterocycles. The van der Waals surface area contributed by atoms with Gasteiger partial charge in [-0.3, -0.25) is 14.9 Å². The number of hydrogen-bond donors (Lipinski definition) is 2. The first-order valence-electron chi connectivity index (χ1n) is 8.59. The topological polar surface area (TPSA) is 129 Å². The van der Waals surface area contributed by atoms with Gasteiger partial charge in [0.1, 0.15) is 6.04 Å². The normalized spacial score (nSPS) is 15.6. The van der Waals surface area contributed by atoms with Crippen LogP contribution >= 0.6 is 15.9 Å². The molecule has 0 fully saturated rings. The number of hydrogen-bond acceptors (Lipinski definition) is 6. The van der Waals surface area contributed by atoms with E-state index in [1.54, 1.807) is 23.7 Å².